The first-order valence-corrected chi connectivity index (χ1v) is 10.9. The summed E-state index contributed by atoms with van der Waals surface area (Å²) in [6.45, 7) is 7.83. The van der Waals surface area contributed by atoms with Crippen molar-refractivity contribution in [2.24, 2.45) is 0 Å². The molecule has 1 heterocycles. The minimum Gasteiger partial charge on any atom is -0.462 e. The van der Waals surface area contributed by atoms with Crippen LogP contribution >= 0.6 is 0 Å². The van der Waals surface area contributed by atoms with E-state index in [1.807, 2.05) is 0 Å². The third kappa shape index (κ3) is 5.53. The van der Waals surface area contributed by atoms with Crippen LogP contribution in [0.25, 0.3) is 0 Å². The van der Waals surface area contributed by atoms with Gasteiger partial charge >= 0.3 is 5.97 Å². The van der Waals surface area contributed by atoms with Gasteiger partial charge in [-0.25, -0.2) is 13.2 Å². The molecule has 1 saturated heterocycles. The topological polar surface area (TPSA) is 66.9 Å². The molecular formula is C19H30N2O4S. The van der Waals surface area contributed by atoms with Gasteiger partial charge in [0.25, 0.3) is 0 Å². The zero-order valence-corrected chi connectivity index (χ0v) is 16.6. The first-order valence-electron chi connectivity index (χ1n) is 9.48. The second-order valence-corrected chi connectivity index (χ2v) is 8.49. The number of carbonyl (C=O) groups excluding carboxylic acids is 1. The van der Waals surface area contributed by atoms with Crippen molar-refractivity contribution in [2.45, 2.75) is 44.4 Å². The Labute approximate surface area is 157 Å². The zero-order valence-electron chi connectivity index (χ0n) is 15.8. The van der Waals surface area contributed by atoms with Gasteiger partial charge in [0.1, 0.15) is 0 Å². The second-order valence-electron chi connectivity index (χ2n) is 6.55. The predicted octanol–water partition coefficient (Wildman–Crippen LogP) is 2.75. The third-order valence-electron chi connectivity index (χ3n) is 4.66. The van der Waals surface area contributed by atoms with E-state index >= 15 is 0 Å². The minimum atomic E-state index is -3.51. The van der Waals surface area contributed by atoms with Gasteiger partial charge in [-0.1, -0.05) is 26.2 Å². The van der Waals surface area contributed by atoms with Crippen LogP contribution in [0.15, 0.2) is 29.2 Å². The van der Waals surface area contributed by atoms with Crippen molar-refractivity contribution in [1.82, 2.24) is 9.21 Å². The second kappa shape index (κ2) is 10.0. The van der Waals surface area contributed by atoms with Crippen molar-refractivity contribution < 1.29 is 17.9 Å². The molecule has 1 aromatic carbocycles. The maximum Gasteiger partial charge on any atom is 0.338 e. The van der Waals surface area contributed by atoms with Crippen LogP contribution in [0.2, 0.25) is 0 Å². The summed E-state index contributed by atoms with van der Waals surface area (Å²) in [6.07, 6.45) is 4.90. The molecule has 26 heavy (non-hydrogen) atoms. The predicted molar refractivity (Wildman–Crippen MR) is 102 cm³/mol. The number of benzene rings is 1. The molecule has 1 aromatic rings. The summed E-state index contributed by atoms with van der Waals surface area (Å²) >= 11 is 0. The maximum absolute atomic E-state index is 12.8. The van der Waals surface area contributed by atoms with Crippen molar-refractivity contribution in [2.75, 3.05) is 39.3 Å². The molecule has 0 saturated carbocycles. The van der Waals surface area contributed by atoms with Gasteiger partial charge in [-0.15, -0.1) is 0 Å². The fraction of sp³-hybridized carbons (Fsp3) is 0.632. The summed E-state index contributed by atoms with van der Waals surface area (Å²) in [4.78, 5) is 14.2. The van der Waals surface area contributed by atoms with E-state index in [9.17, 15) is 13.2 Å². The highest BCUT2D eigenvalue weighted by Crippen LogP contribution is 2.19. The Hall–Kier alpha value is -1.44. The number of hydrogen-bond acceptors (Lipinski definition) is 5. The molecule has 0 bridgehead atoms. The number of carbonyl (C=O) groups is 1. The monoisotopic (exact) mass is 382 g/mol. The fourth-order valence-electron chi connectivity index (χ4n) is 3.08. The Kier molecular flexibility index (Phi) is 8.06. The Morgan fingerprint density at radius 3 is 2.23 bits per heavy atom. The smallest absolute Gasteiger partial charge is 0.338 e. The van der Waals surface area contributed by atoms with Gasteiger partial charge in [-0.3, -0.25) is 0 Å². The third-order valence-corrected chi connectivity index (χ3v) is 6.58. The summed E-state index contributed by atoms with van der Waals surface area (Å²) in [5.74, 6) is -0.437. The summed E-state index contributed by atoms with van der Waals surface area (Å²) in [7, 11) is -3.51. The van der Waals surface area contributed by atoms with Crippen LogP contribution in [-0.4, -0.2) is 62.9 Å². The molecule has 0 spiro atoms. The first kappa shape index (κ1) is 20.9. The van der Waals surface area contributed by atoms with E-state index in [0.29, 0.717) is 25.3 Å². The van der Waals surface area contributed by atoms with E-state index in [-0.39, 0.29) is 4.90 Å². The number of rotatable bonds is 9. The highest BCUT2D eigenvalue weighted by molar-refractivity contribution is 7.89. The highest BCUT2D eigenvalue weighted by atomic mass is 32.2. The number of ether oxygens (including phenoxy) is 1. The van der Waals surface area contributed by atoms with Crippen LogP contribution in [0.3, 0.4) is 0 Å². The van der Waals surface area contributed by atoms with E-state index in [0.717, 1.165) is 19.6 Å². The van der Waals surface area contributed by atoms with Gasteiger partial charge in [0.15, 0.2) is 0 Å². The van der Waals surface area contributed by atoms with Crippen LogP contribution in [0, 0.1) is 0 Å². The Bertz CT molecular complexity index is 665. The molecular weight excluding hydrogens is 352 g/mol. The largest absolute Gasteiger partial charge is 0.462 e. The highest BCUT2D eigenvalue weighted by Gasteiger charge is 2.28. The number of nitrogens with zero attached hydrogens (tertiary/aromatic N) is 2. The number of esters is 1. The molecule has 6 nitrogen and oxygen atoms in total. The van der Waals surface area contributed by atoms with E-state index in [1.165, 1.54) is 54.3 Å². The lowest BCUT2D eigenvalue weighted by atomic mass is 10.2. The lowest BCUT2D eigenvalue weighted by Crippen LogP contribution is -2.48. The number of unbranched alkanes of at least 4 members (excludes halogenated alkanes) is 3. The van der Waals surface area contributed by atoms with Gasteiger partial charge in [0, 0.05) is 26.2 Å². The van der Waals surface area contributed by atoms with Crippen LogP contribution in [0.4, 0.5) is 0 Å². The van der Waals surface area contributed by atoms with E-state index in [1.54, 1.807) is 6.92 Å². The molecule has 0 atom stereocenters. The number of sulfonamides is 1. The number of piperazine rings is 1. The average molecular weight is 383 g/mol. The van der Waals surface area contributed by atoms with E-state index in [4.69, 9.17) is 4.74 Å². The maximum atomic E-state index is 12.8. The van der Waals surface area contributed by atoms with E-state index in [2.05, 4.69) is 11.8 Å². The van der Waals surface area contributed by atoms with Gasteiger partial charge in [0.2, 0.25) is 10.0 Å². The molecule has 1 aliphatic rings. The minimum absolute atomic E-state index is 0.224. The summed E-state index contributed by atoms with van der Waals surface area (Å²) in [5.41, 5.74) is 0.364. The summed E-state index contributed by atoms with van der Waals surface area (Å²) < 4.78 is 32.0. The van der Waals surface area contributed by atoms with E-state index < -0.39 is 16.0 Å². The Morgan fingerprint density at radius 1 is 1.00 bits per heavy atom. The molecule has 1 aliphatic heterocycles. The average Bonchev–Trinajstić information content (AvgIpc) is 2.66. The normalized spacial score (nSPS) is 16.5. The first-order chi connectivity index (χ1) is 12.5. The molecule has 0 aliphatic carbocycles. The van der Waals surface area contributed by atoms with Crippen LogP contribution in [0.1, 0.15) is 49.9 Å². The van der Waals surface area contributed by atoms with Gasteiger partial charge < -0.3 is 9.64 Å². The van der Waals surface area contributed by atoms with Crippen LogP contribution < -0.4 is 0 Å². The molecule has 0 amide bonds. The Balaban J connectivity index is 1.91. The molecule has 146 valence electrons. The van der Waals surface area contributed by atoms with Crippen molar-refractivity contribution >= 4 is 16.0 Å². The van der Waals surface area contributed by atoms with Gasteiger partial charge in [-0.2, -0.15) is 4.31 Å². The van der Waals surface area contributed by atoms with Gasteiger partial charge in [-0.05, 0) is 44.2 Å². The molecule has 1 fully saturated rings. The zero-order chi connectivity index (χ0) is 19.0. The summed E-state index contributed by atoms with van der Waals surface area (Å²) in [5, 5.41) is 0. The van der Waals surface area contributed by atoms with Gasteiger partial charge in [0.05, 0.1) is 17.1 Å². The lowest BCUT2D eigenvalue weighted by Gasteiger charge is -2.34. The quantitative estimate of drug-likeness (QED) is 0.485. The van der Waals surface area contributed by atoms with Crippen molar-refractivity contribution in [3.8, 4) is 0 Å². The number of hydrogen-bond donors (Lipinski definition) is 0. The summed E-state index contributed by atoms with van der Waals surface area (Å²) in [6, 6.07) is 5.99. The molecule has 2 rings (SSSR count). The fourth-order valence-corrected chi connectivity index (χ4v) is 4.50. The van der Waals surface area contributed by atoms with Crippen LogP contribution in [0.5, 0.6) is 0 Å². The standard InChI is InChI=1S/C19H30N2O4S/c1-3-5-6-7-12-20-13-15-21(16-14-20)26(23,24)18-10-8-17(9-11-18)19(22)25-4-2/h8-11H,3-7,12-16H2,1-2H3. The van der Waals surface area contributed by atoms with Crippen LogP contribution in [-0.2, 0) is 14.8 Å². The molecule has 0 aromatic heterocycles. The SMILES string of the molecule is CCCCCCN1CCN(S(=O)(=O)c2ccc(C(=O)OCC)cc2)CC1. The van der Waals surface area contributed by atoms with Crippen molar-refractivity contribution in [3.63, 3.8) is 0 Å². The molecule has 7 heteroatoms. The molecule has 0 N–H and O–H groups in total. The molecule has 0 radical (unpaired) electrons. The van der Waals surface area contributed by atoms with Crippen molar-refractivity contribution in [3.05, 3.63) is 29.8 Å². The lowest BCUT2D eigenvalue weighted by molar-refractivity contribution is 0.0526. The Morgan fingerprint density at radius 2 is 1.65 bits per heavy atom. The van der Waals surface area contributed by atoms with Crippen molar-refractivity contribution in [1.29, 1.82) is 0 Å². The molecule has 0 unspecified atom stereocenters.